The van der Waals surface area contributed by atoms with Crippen LogP contribution in [0.5, 0.6) is 0 Å². The molecule has 0 aromatic heterocycles. The van der Waals surface area contributed by atoms with Crippen molar-refractivity contribution >= 4 is 22.0 Å². The van der Waals surface area contributed by atoms with Crippen molar-refractivity contribution in [2.24, 2.45) is 0 Å². The molecule has 16 heavy (non-hydrogen) atoms. The molecule has 0 aliphatic heterocycles. The van der Waals surface area contributed by atoms with Crippen molar-refractivity contribution in [1.29, 1.82) is 0 Å². The Balaban J connectivity index is 2.91. The van der Waals surface area contributed by atoms with Gasteiger partial charge >= 0.3 is 10.2 Å². The van der Waals surface area contributed by atoms with E-state index in [1.54, 1.807) is 18.2 Å². The molecule has 0 fully saturated rings. The lowest BCUT2D eigenvalue weighted by molar-refractivity contribution is -0.259. The van der Waals surface area contributed by atoms with Crippen molar-refractivity contribution < 1.29 is 18.3 Å². The van der Waals surface area contributed by atoms with Gasteiger partial charge in [-0.2, -0.15) is 8.42 Å². The second-order valence-corrected chi connectivity index (χ2v) is 4.50. The van der Waals surface area contributed by atoms with Gasteiger partial charge in [-0.25, -0.2) is 4.31 Å². The summed E-state index contributed by atoms with van der Waals surface area (Å²) in [5.74, 6) is 0. The van der Waals surface area contributed by atoms with E-state index in [1.165, 1.54) is 19.1 Å². The first-order chi connectivity index (χ1) is 7.47. The maximum Gasteiger partial charge on any atom is 0.324 e. The predicted octanol–water partition coefficient (Wildman–Crippen LogP) is 0.00850. The average molecular weight is 243 g/mol. The number of hydrogen-bond acceptors (Lipinski definition) is 4. The second-order valence-electron chi connectivity index (χ2n) is 2.90. The Morgan fingerprint density at radius 2 is 1.94 bits per heavy atom. The van der Waals surface area contributed by atoms with Gasteiger partial charge in [0.25, 0.3) is 0 Å². The standard InChI is InChI=1S/C9H12N2O4S/c1-2-11(9(12)13)16(14,15)10-8-6-4-3-5-7-8/h3-7,10H,2H2,1H3,(H,12,13)/p-1. The summed E-state index contributed by atoms with van der Waals surface area (Å²) in [5, 5.41) is 10.6. The largest absolute Gasteiger partial charge is 0.529 e. The van der Waals surface area contributed by atoms with Gasteiger partial charge in [0.15, 0.2) is 6.09 Å². The van der Waals surface area contributed by atoms with E-state index in [-0.39, 0.29) is 10.8 Å². The van der Waals surface area contributed by atoms with Crippen LogP contribution in [-0.2, 0) is 10.2 Å². The quantitative estimate of drug-likeness (QED) is 0.806. The molecule has 0 unspecified atom stereocenters. The summed E-state index contributed by atoms with van der Waals surface area (Å²) in [5.41, 5.74) is 0.294. The van der Waals surface area contributed by atoms with Gasteiger partial charge in [0, 0.05) is 6.54 Å². The number of para-hydroxylation sites is 1. The van der Waals surface area contributed by atoms with Crippen LogP contribution in [0.2, 0.25) is 0 Å². The van der Waals surface area contributed by atoms with Crippen LogP contribution in [0.3, 0.4) is 0 Å². The zero-order valence-corrected chi connectivity index (χ0v) is 9.40. The molecule has 0 aliphatic carbocycles. The number of nitrogens with zero attached hydrogens (tertiary/aromatic N) is 1. The highest BCUT2D eigenvalue weighted by Gasteiger charge is 2.19. The third-order valence-electron chi connectivity index (χ3n) is 1.80. The van der Waals surface area contributed by atoms with Crippen LogP contribution < -0.4 is 9.83 Å². The van der Waals surface area contributed by atoms with E-state index >= 15 is 0 Å². The molecule has 6 nitrogen and oxygen atoms in total. The number of carbonyl (C=O) groups is 1. The Kier molecular flexibility index (Phi) is 3.73. The van der Waals surface area contributed by atoms with Gasteiger partial charge in [0.1, 0.15) is 0 Å². The summed E-state index contributed by atoms with van der Waals surface area (Å²) < 4.78 is 25.5. The molecule has 0 heterocycles. The lowest BCUT2D eigenvalue weighted by atomic mass is 10.3. The smallest absolute Gasteiger partial charge is 0.324 e. The maximum absolute atomic E-state index is 11.6. The van der Waals surface area contributed by atoms with Gasteiger partial charge in [-0.15, -0.1) is 0 Å². The Hall–Kier alpha value is -1.76. The van der Waals surface area contributed by atoms with Crippen LogP contribution in [0, 0.1) is 0 Å². The molecular weight excluding hydrogens is 232 g/mol. The van der Waals surface area contributed by atoms with Gasteiger partial charge in [0.2, 0.25) is 0 Å². The summed E-state index contributed by atoms with van der Waals surface area (Å²) in [6, 6.07) is 8.01. The van der Waals surface area contributed by atoms with E-state index in [9.17, 15) is 18.3 Å². The van der Waals surface area contributed by atoms with Crippen molar-refractivity contribution in [2.45, 2.75) is 6.92 Å². The first-order valence-electron chi connectivity index (χ1n) is 4.54. The van der Waals surface area contributed by atoms with Crippen LogP contribution in [0.15, 0.2) is 30.3 Å². The molecule has 0 bridgehead atoms. The third-order valence-corrected chi connectivity index (χ3v) is 3.28. The molecule has 0 saturated carbocycles. The summed E-state index contributed by atoms with van der Waals surface area (Å²) in [7, 11) is -4.10. The third kappa shape index (κ3) is 2.86. The van der Waals surface area contributed by atoms with Crippen molar-refractivity contribution in [3.8, 4) is 0 Å². The molecule has 1 aromatic rings. The number of rotatable bonds is 4. The van der Waals surface area contributed by atoms with Crippen LogP contribution >= 0.6 is 0 Å². The Morgan fingerprint density at radius 3 is 2.38 bits per heavy atom. The molecule has 1 amide bonds. The van der Waals surface area contributed by atoms with Gasteiger partial charge in [-0.05, 0) is 19.1 Å². The lowest BCUT2D eigenvalue weighted by Crippen LogP contribution is -2.47. The van der Waals surface area contributed by atoms with Gasteiger partial charge in [-0.1, -0.05) is 18.2 Å². The van der Waals surface area contributed by atoms with Crippen LogP contribution in [0.1, 0.15) is 6.92 Å². The highest BCUT2D eigenvalue weighted by molar-refractivity contribution is 7.90. The van der Waals surface area contributed by atoms with Gasteiger partial charge < -0.3 is 9.90 Å². The fraction of sp³-hybridized carbons (Fsp3) is 0.222. The number of anilines is 1. The normalized spacial score (nSPS) is 10.8. The lowest BCUT2D eigenvalue weighted by Gasteiger charge is -2.23. The molecular formula is C9H11N2O4S-. The van der Waals surface area contributed by atoms with E-state index in [2.05, 4.69) is 4.72 Å². The Labute approximate surface area is 93.7 Å². The summed E-state index contributed by atoms with van der Waals surface area (Å²) >= 11 is 0. The number of carboxylic acid groups (broad SMARTS) is 1. The topological polar surface area (TPSA) is 89.5 Å². The monoisotopic (exact) mass is 243 g/mol. The fourth-order valence-electron chi connectivity index (χ4n) is 1.11. The van der Waals surface area contributed by atoms with Crippen LogP contribution in [0.4, 0.5) is 10.5 Å². The minimum absolute atomic E-state index is 0.204. The summed E-state index contributed by atoms with van der Waals surface area (Å²) in [6.07, 6.45) is -1.76. The first-order valence-corrected chi connectivity index (χ1v) is 5.98. The van der Waals surface area contributed by atoms with E-state index in [0.29, 0.717) is 5.69 Å². The van der Waals surface area contributed by atoms with E-state index in [4.69, 9.17) is 0 Å². The van der Waals surface area contributed by atoms with E-state index < -0.39 is 16.3 Å². The molecule has 0 radical (unpaired) electrons. The molecule has 0 aliphatic rings. The molecule has 0 atom stereocenters. The Morgan fingerprint density at radius 1 is 1.38 bits per heavy atom. The molecule has 1 N–H and O–H groups in total. The minimum atomic E-state index is -4.10. The average Bonchev–Trinajstić information content (AvgIpc) is 2.18. The minimum Gasteiger partial charge on any atom is -0.529 e. The van der Waals surface area contributed by atoms with Crippen LogP contribution in [-0.4, -0.2) is 25.4 Å². The molecule has 0 saturated heterocycles. The second kappa shape index (κ2) is 4.84. The van der Waals surface area contributed by atoms with E-state index in [1.807, 2.05) is 0 Å². The number of carbonyl (C=O) groups excluding carboxylic acids is 1. The molecule has 0 spiro atoms. The SMILES string of the molecule is CCN(C(=O)[O-])S(=O)(=O)Nc1ccccc1. The van der Waals surface area contributed by atoms with E-state index in [0.717, 1.165) is 0 Å². The van der Waals surface area contributed by atoms with Crippen molar-refractivity contribution in [3.05, 3.63) is 30.3 Å². The van der Waals surface area contributed by atoms with Crippen molar-refractivity contribution in [3.63, 3.8) is 0 Å². The van der Waals surface area contributed by atoms with Gasteiger partial charge in [0.05, 0.1) is 5.69 Å². The predicted molar refractivity (Wildman–Crippen MR) is 56.8 cm³/mol. The molecule has 88 valence electrons. The molecule has 1 rings (SSSR count). The fourth-order valence-corrected chi connectivity index (χ4v) is 2.19. The van der Waals surface area contributed by atoms with Crippen LogP contribution in [0.25, 0.3) is 0 Å². The number of hydrogen-bond donors (Lipinski definition) is 1. The highest BCUT2D eigenvalue weighted by atomic mass is 32.2. The first kappa shape index (κ1) is 12.3. The summed E-state index contributed by atoms with van der Waals surface area (Å²) in [6.45, 7) is 1.20. The number of amides is 1. The number of benzene rings is 1. The van der Waals surface area contributed by atoms with Crippen molar-refractivity contribution in [2.75, 3.05) is 11.3 Å². The highest BCUT2D eigenvalue weighted by Crippen LogP contribution is 2.10. The zero-order chi connectivity index (χ0) is 12.2. The summed E-state index contributed by atoms with van der Waals surface area (Å²) in [4.78, 5) is 10.6. The van der Waals surface area contributed by atoms with Gasteiger partial charge in [-0.3, -0.25) is 4.72 Å². The molecule has 1 aromatic carbocycles. The maximum atomic E-state index is 11.6. The van der Waals surface area contributed by atoms with Crippen molar-refractivity contribution in [1.82, 2.24) is 4.31 Å². The Bertz CT molecular complexity index is 458. The molecule has 7 heteroatoms. The zero-order valence-electron chi connectivity index (χ0n) is 8.58. The number of nitrogens with one attached hydrogen (secondary N) is 1.